The Hall–Kier alpha value is -2.20. The van der Waals surface area contributed by atoms with Gasteiger partial charge in [0.05, 0.1) is 5.56 Å². The fourth-order valence-electron chi connectivity index (χ4n) is 2.17. The second kappa shape index (κ2) is 4.48. The van der Waals surface area contributed by atoms with Crippen molar-refractivity contribution in [2.45, 2.75) is 0 Å². The summed E-state index contributed by atoms with van der Waals surface area (Å²) in [5, 5.41) is 4.31. The number of ketones is 2. The molecule has 1 aromatic carbocycles. The molecule has 4 heteroatoms. The number of rotatable bonds is 3. The maximum Gasteiger partial charge on any atom is 0.235 e. The van der Waals surface area contributed by atoms with Gasteiger partial charge in [-0.25, -0.2) is 0 Å². The number of Topliss-reactive ketones (excluding diaryl/α,β-unsaturated/α-hetero) is 2. The van der Waals surface area contributed by atoms with Crippen molar-refractivity contribution in [2.24, 2.45) is 7.05 Å². The smallest absolute Gasteiger partial charge is 0.235 e. The van der Waals surface area contributed by atoms with Crippen molar-refractivity contribution >= 4 is 33.8 Å². The van der Waals surface area contributed by atoms with Crippen LogP contribution in [-0.2, 0) is 7.05 Å². The van der Waals surface area contributed by atoms with Gasteiger partial charge in [0.15, 0.2) is 0 Å². The molecule has 3 nitrogen and oxygen atoms in total. The first-order valence-corrected chi connectivity index (χ1v) is 6.78. The third-order valence-electron chi connectivity index (χ3n) is 3.13. The topological polar surface area (TPSA) is 39.1 Å². The molecule has 94 valence electrons. The molecule has 3 rings (SSSR count). The van der Waals surface area contributed by atoms with E-state index in [1.807, 2.05) is 35.9 Å². The summed E-state index contributed by atoms with van der Waals surface area (Å²) < 4.78 is 1.86. The Bertz CT molecular complexity index is 769. The van der Waals surface area contributed by atoms with Crippen LogP contribution in [0.4, 0.5) is 0 Å². The number of fused-ring (bicyclic) bond motifs is 1. The van der Waals surface area contributed by atoms with Crippen LogP contribution in [-0.4, -0.2) is 16.1 Å². The lowest BCUT2D eigenvalue weighted by molar-refractivity contribution is 0.0818. The van der Waals surface area contributed by atoms with Crippen LogP contribution in [0.15, 0.2) is 47.3 Å². The summed E-state index contributed by atoms with van der Waals surface area (Å²) in [6, 6.07) is 9.26. The molecular weight excluding hydrogens is 258 g/mol. The number of aromatic nitrogens is 1. The molecule has 0 atom stereocenters. The Kier molecular flexibility index (Phi) is 2.80. The van der Waals surface area contributed by atoms with Crippen molar-refractivity contribution in [3.8, 4) is 0 Å². The van der Waals surface area contributed by atoms with Gasteiger partial charge in [0.25, 0.3) is 0 Å². The van der Waals surface area contributed by atoms with Crippen LogP contribution in [0.25, 0.3) is 10.9 Å². The zero-order chi connectivity index (χ0) is 13.4. The summed E-state index contributed by atoms with van der Waals surface area (Å²) in [7, 11) is 1.87. The van der Waals surface area contributed by atoms with Crippen molar-refractivity contribution in [3.05, 3.63) is 58.4 Å². The van der Waals surface area contributed by atoms with Crippen LogP contribution in [0, 0.1) is 0 Å². The summed E-state index contributed by atoms with van der Waals surface area (Å²) in [6.45, 7) is 0. The van der Waals surface area contributed by atoms with E-state index in [-0.39, 0.29) is 0 Å². The third-order valence-corrected chi connectivity index (χ3v) is 3.81. The number of thiophene rings is 1. The number of carbonyl (C=O) groups excluding carboxylic acids is 2. The highest BCUT2D eigenvalue weighted by molar-refractivity contribution is 7.08. The maximum atomic E-state index is 12.3. The van der Waals surface area contributed by atoms with E-state index in [0.29, 0.717) is 11.1 Å². The van der Waals surface area contributed by atoms with Crippen molar-refractivity contribution in [2.75, 3.05) is 0 Å². The predicted molar refractivity (Wildman–Crippen MR) is 75.9 cm³/mol. The van der Waals surface area contributed by atoms with Gasteiger partial charge in [-0.2, -0.15) is 11.3 Å². The van der Waals surface area contributed by atoms with E-state index in [0.717, 1.165) is 10.9 Å². The lowest BCUT2D eigenvalue weighted by Gasteiger charge is -1.96. The van der Waals surface area contributed by atoms with Gasteiger partial charge in [0.2, 0.25) is 11.6 Å². The fourth-order valence-corrected chi connectivity index (χ4v) is 2.81. The van der Waals surface area contributed by atoms with Crippen LogP contribution in [0.1, 0.15) is 20.7 Å². The van der Waals surface area contributed by atoms with Crippen molar-refractivity contribution in [1.82, 2.24) is 4.57 Å². The van der Waals surface area contributed by atoms with E-state index < -0.39 is 11.6 Å². The van der Waals surface area contributed by atoms with Gasteiger partial charge in [-0.15, -0.1) is 0 Å². The summed E-state index contributed by atoms with van der Waals surface area (Å²) in [5.41, 5.74) is 1.88. The van der Waals surface area contributed by atoms with Gasteiger partial charge in [-0.3, -0.25) is 9.59 Å². The number of nitrogens with zero attached hydrogens (tertiary/aromatic N) is 1. The molecule has 0 spiro atoms. The number of hydrogen-bond acceptors (Lipinski definition) is 3. The van der Waals surface area contributed by atoms with E-state index in [1.165, 1.54) is 11.3 Å². The van der Waals surface area contributed by atoms with Crippen molar-refractivity contribution in [1.29, 1.82) is 0 Å². The number of hydrogen-bond donors (Lipinski definition) is 0. The lowest BCUT2D eigenvalue weighted by atomic mass is 10.0. The first-order chi connectivity index (χ1) is 9.18. The average Bonchev–Trinajstić information content (AvgIpc) is 3.06. The van der Waals surface area contributed by atoms with E-state index in [1.54, 1.807) is 23.0 Å². The Morgan fingerprint density at radius 2 is 1.89 bits per heavy atom. The van der Waals surface area contributed by atoms with Gasteiger partial charge >= 0.3 is 0 Å². The van der Waals surface area contributed by atoms with E-state index in [2.05, 4.69) is 0 Å². The van der Waals surface area contributed by atoms with Gasteiger partial charge in [-0.05, 0) is 17.5 Å². The van der Waals surface area contributed by atoms with Gasteiger partial charge < -0.3 is 4.57 Å². The first-order valence-electron chi connectivity index (χ1n) is 5.84. The van der Waals surface area contributed by atoms with Gasteiger partial charge in [-0.1, -0.05) is 18.2 Å². The molecule has 0 bridgehead atoms. The molecule has 0 N–H and O–H groups in total. The van der Waals surface area contributed by atoms with Crippen LogP contribution < -0.4 is 0 Å². The fraction of sp³-hybridized carbons (Fsp3) is 0.0667. The SMILES string of the molecule is Cn1cc(C(=O)C(=O)c2ccsc2)c2ccccc21. The second-order valence-electron chi connectivity index (χ2n) is 4.34. The monoisotopic (exact) mass is 269 g/mol. The molecular formula is C15H11NO2S. The summed E-state index contributed by atoms with van der Waals surface area (Å²) in [4.78, 5) is 24.4. The Morgan fingerprint density at radius 3 is 2.63 bits per heavy atom. The van der Waals surface area contributed by atoms with Crippen LogP contribution >= 0.6 is 11.3 Å². The standard InChI is InChI=1S/C15H11NO2S/c1-16-8-12(11-4-2-3-5-13(11)16)15(18)14(17)10-6-7-19-9-10/h2-9H,1H3. The first kappa shape index (κ1) is 11.9. The van der Waals surface area contributed by atoms with Crippen molar-refractivity contribution < 1.29 is 9.59 Å². The summed E-state index contributed by atoms with van der Waals surface area (Å²) in [5.74, 6) is -0.896. The molecule has 2 aromatic heterocycles. The van der Waals surface area contributed by atoms with Gasteiger partial charge in [0.1, 0.15) is 0 Å². The molecule has 0 aliphatic heterocycles. The van der Waals surface area contributed by atoms with Crippen LogP contribution in [0.5, 0.6) is 0 Å². The van der Waals surface area contributed by atoms with Crippen LogP contribution in [0.3, 0.4) is 0 Å². The lowest BCUT2D eigenvalue weighted by Crippen LogP contribution is -2.13. The molecule has 0 aliphatic carbocycles. The molecule has 2 heterocycles. The molecule has 0 radical (unpaired) electrons. The number of carbonyl (C=O) groups is 2. The Balaban J connectivity index is 2.10. The molecule has 19 heavy (non-hydrogen) atoms. The minimum absolute atomic E-state index is 0.447. The third kappa shape index (κ3) is 1.90. The molecule has 0 saturated heterocycles. The van der Waals surface area contributed by atoms with E-state index in [4.69, 9.17) is 0 Å². The minimum Gasteiger partial charge on any atom is -0.350 e. The summed E-state index contributed by atoms with van der Waals surface area (Å²) >= 11 is 1.41. The van der Waals surface area contributed by atoms with Gasteiger partial charge in [0, 0.05) is 35.1 Å². The highest BCUT2D eigenvalue weighted by Crippen LogP contribution is 2.22. The highest BCUT2D eigenvalue weighted by Gasteiger charge is 2.22. The quantitative estimate of drug-likeness (QED) is 0.540. The number of aryl methyl sites for hydroxylation is 1. The molecule has 0 unspecified atom stereocenters. The second-order valence-corrected chi connectivity index (χ2v) is 5.12. The summed E-state index contributed by atoms with van der Waals surface area (Å²) in [6.07, 6.45) is 1.72. The molecule has 0 amide bonds. The molecule has 3 aromatic rings. The maximum absolute atomic E-state index is 12.3. The predicted octanol–water partition coefficient (Wildman–Crippen LogP) is 3.31. The molecule has 0 saturated carbocycles. The Labute approximate surface area is 114 Å². The average molecular weight is 269 g/mol. The van der Waals surface area contributed by atoms with Crippen molar-refractivity contribution in [3.63, 3.8) is 0 Å². The van der Waals surface area contributed by atoms with E-state index >= 15 is 0 Å². The highest BCUT2D eigenvalue weighted by atomic mass is 32.1. The minimum atomic E-state index is -0.449. The number of para-hydroxylation sites is 1. The number of benzene rings is 1. The molecule has 0 aliphatic rings. The molecule has 0 fully saturated rings. The normalized spacial score (nSPS) is 10.8. The van der Waals surface area contributed by atoms with E-state index in [9.17, 15) is 9.59 Å². The Morgan fingerprint density at radius 1 is 1.11 bits per heavy atom. The largest absolute Gasteiger partial charge is 0.350 e. The van der Waals surface area contributed by atoms with Crippen LogP contribution in [0.2, 0.25) is 0 Å². The zero-order valence-electron chi connectivity index (χ0n) is 10.3. The zero-order valence-corrected chi connectivity index (χ0v) is 11.1.